The zero-order chi connectivity index (χ0) is 16.2. The Morgan fingerprint density at radius 1 is 1.26 bits per heavy atom. The highest BCUT2D eigenvalue weighted by atomic mass is 32.2. The first-order chi connectivity index (χ1) is 11.1. The number of hydrogen-bond acceptors (Lipinski definition) is 5. The lowest BCUT2D eigenvalue weighted by Gasteiger charge is -2.16. The van der Waals surface area contributed by atoms with Crippen molar-refractivity contribution in [3.05, 3.63) is 41.9 Å². The summed E-state index contributed by atoms with van der Waals surface area (Å²) in [5.41, 5.74) is 2.73. The Bertz CT molecular complexity index is 697. The van der Waals surface area contributed by atoms with Crippen LogP contribution in [0.25, 0.3) is 11.1 Å². The smallest absolute Gasteiger partial charge is 0.137 e. The van der Waals surface area contributed by atoms with Gasteiger partial charge in [0.1, 0.15) is 11.6 Å². The van der Waals surface area contributed by atoms with Crippen molar-refractivity contribution in [2.45, 2.75) is 44.4 Å². The quantitative estimate of drug-likeness (QED) is 0.852. The van der Waals surface area contributed by atoms with Crippen molar-refractivity contribution in [3.63, 3.8) is 0 Å². The van der Waals surface area contributed by atoms with Crippen molar-refractivity contribution in [1.82, 2.24) is 9.97 Å². The van der Waals surface area contributed by atoms with Crippen LogP contribution in [0, 0.1) is 6.92 Å². The third-order valence-corrected chi connectivity index (χ3v) is 4.72. The number of anilines is 1. The Kier molecular flexibility index (Phi) is 5.03. The van der Waals surface area contributed by atoms with Crippen LogP contribution in [-0.2, 0) is 16.8 Å². The van der Waals surface area contributed by atoms with Crippen LogP contribution in [0.3, 0.4) is 0 Å². The number of nitrogens with one attached hydrogen (secondary N) is 1. The molecule has 1 fully saturated rings. The van der Waals surface area contributed by atoms with Gasteiger partial charge in [-0.3, -0.25) is 4.21 Å². The highest BCUT2D eigenvalue weighted by molar-refractivity contribution is 7.78. The SMILES string of the molecule is Cc1ncc(-c2ccc(CS(=O)[O-])cc2)c(NC2CCCC2)n1. The Balaban J connectivity index is 1.87. The molecule has 2 aromatic rings. The van der Waals surface area contributed by atoms with E-state index < -0.39 is 11.1 Å². The van der Waals surface area contributed by atoms with Crippen LogP contribution in [0.2, 0.25) is 0 Å². The Morgan fingerprint density at radius 3 is 2.61 bits per heavy atom. The topological polar surface area (TPSA) is 77.9 Å². The molecule has 0 spiro atoms. The van der Waals surface area contributed by atoms with Crippen molar-refractivity contribution in [1.29, 1.82) is 0 Å². The summed E-state index contributed by atoms with van der Waals surface area (Å²) in [5, 5.41) is 3.55. The minimum atomic E-state index is -2.07. The van der Waals surface area contributed by atoms with Gasteiger partial charge in [0.25, 0.3) is 0 Å². The molecule has 1 N–H and O–H groups in total. The molecule has 1 unspecified atom stereocenters. The molecular weight excluding hydrogens is 310 g/mol. The molecule has 3 rings (SSSR count). The molecule has 1 atom stereocenters. The van der Waals surface area contributed by atoms with E-state index in [1.54, 1.807) is 0 Å². The molecule has 0 aliphatic heterocycles. The molecule has 0 radical (unpaired) electrons. The standard InChI is InChI=1S/C17H21N3O2S/c1-12-18-10-16(17(19-12)20-15-4-2-3-5-15)14-8-6-13(7-9-14)11-23(21)22/h6-10,15H,2-5,11H2,1H3,(H,21,22)(H,18,19,20)/p-1. The van der Waals surface area contributed by atoms with Crippen LogP contribution in [0.1, 0.15) is 37.1 Å². The first-order valence-electron chi connectivity index (χ1n) is 7.87. The van der Waals surface area contributed by atoms with Crippen LogP contribution < -0.4 is 5.32 Å². The van der Waals surface area contributed by atoms with Crippen LogP contribution in [0.15, 0.2) is 30.5 Å². The first-order valence-corrected chi connectivity index (χ1v) is 9.11. The number of aryl methyl sites for hydroxylation is 1. The van der Waals surface area contributed by atoms with Gasteiger partial charge in [-0.1, -0.05) is 48.2 Å². The van der Waals surface area contributed by atoms with Gasteiger partial charge in [0, 0.05) is 23.6 Å². The molecule has 0 saturated heterocycles. The van der Waals surface area contributed by atoms with Crippen LogP contribution >= 0.6 is 0 Å². The second kappa shape index (κ2) is 7.19. The maximum absolute atomic E-state index is 10.8. The molecule has 1 aliphatic rings. The van der Waals surface area contributed by atoms with E-state index in [-0.39, 0.29) is 5.75 Å². The van der Waals surface area contributed by atoms with Gasteiger partial charge in [0.2, 0.25) is 0 Å². The molecule has 23 heavy (non-hydrogen) atoms. The van der Waals surface area contributed by atoms with Gasteiger partial charge in [-0.25, -0.2) is 9.97 Å². The fourth-order valence-electron chi connectivity index (χ4n) is 2.97. The minimum Gasteiger partial charge on any atom is -0.772 e. The van der Waals surface area contributed by atoms with Gasteiger partial charge in [-0.2, -0.15) is 0 Å². The van der Waals surface area contributed by atoms with Gasteiger partial charge in [-0.05, 0) is 30.9 Å². The molecule has 1 aliphatic carbocycles. The third-order valence-electron chi connectivity index (χ3n) is 4.15. The van der Waals surface area contributed by atoms with E-state index in [0.717, 1.165) is 28.3 Å². The summed E-state index contributed by atoms with van der Waals surface area (Å²) >= 11 is -2.07. The number of benzene rings is 1. The molecule has 0 amide bonds. The van der Waals surface area contributed by atoms with E-state index in [4.69, 9.17) is 0 Å². The molecule has 6 heteroatoms. The highest BCUT2D eigenvalue weighted by Crippen LogP contribution is 2.29. The number of hydrogen-bond donors (Lipinski definition) is 1. The Hall–Kier alpha value is -1.79. The highest BCUT2D eigenvalue weighted by Gasteiger charge is 2.17. The summed E-state index contributed by atoms with van der Waals surface area (Å²) in [4.78, 5) is 8.87. The maximum atomic E-state index is 10.8. The second-order valence-corrected chi connectivity index (χ2v) is 6.85. The number of rotatable bonds is 5. The zero-order valence-electron chi connectivity index (χ0n) is 13.1. The first kappa shape index (κ1) is 16.1. The summed E-state index contributed by atoms with van der Waals surface area (Å²) in [7, 11) is 0. The van der Waals surface area contributed by atoms with E-state index in [1.165, 1.54) is 25.7 Å². The lowest BCUT2D eigenvalue weighted by Crippen LogP contribution is -2.16. The number of aromatic nitrogens is 2. The molecule has 1 aromatic heterocycles. The summed E-state index contributed by atoms with van der Waals surface area (Å²) < 4.78 is 21.6. The van der Waals surface area contributed by atoms with Gasteiger partial charge in [0.15, 0.2) is 0 Å². The van der Waals surface area contributed by atoms with Gasteiger partial charge in [0.05, 0.1) is 0 Å². The predicted molar refractivity (Wildman–Crippen MR) is 90.7 cm³/mol. The van der Waals surface area contributed by atoms with E-state index in [9.17, 15) is 8.76 Å². The van der Waals surface area contributed by atoms with Gasteiger partial charge < -0.3 is 9.87 Å². The minimum absolute atomic E-state index is 0.0395. The largest absolute Gasteiger partial charge is 0.772 e. The van der Waals surface area contributed by atoms with Gasteiger partial charge >= 0.3 is 0 Å². The van der Waals surface area contributed by atoms with Gasteiger partial charge in [-0.15, -0.1) is 0 Å². The van der Waals surface area contributed by atoms with Crippen molar-refractivity contribution >= 4 is 16.9 Å². The Morgan fingerprint density at radius 2 is 1.96 bits per heavy atom. The molecule has 1 aromatic carbocycles. The average Bonchev–Trinajstić information content (AvgIpc) is 3.01. The summed E-state index contributed by atoms with van der Waals surface area (Å²) in [6.07, 6.45) is 6.71. The monoisotopic (exact) mass is 330 g/mol. The van der Waals surface area contributed by atoms with Crippen LogP contribution in [0.4, 0.5) is 5.82 Å². The molecule has 5 nitrogen and oxygen atoms in total. The molecule has 1 saturated carbocycles. The van der Waals surface area contributed by atoms with Crippen molar-refractivity contribution in [2.75, 3.05) is 5.32 Å². The summed E-state index contributed by atoms with van der Waals surface area (Å²) in [6.45, 7) is 1.89. The van der Waals surface area contributed by atoms with Crippen molar-refractivity contribution in [3.8, 4) is 11.1 Å². The van der Waals surface area contributed by atoms with E-state index in [2.05, 4.69) is 15.3 Å². The lowest BCUT2D eigenvalue weighted by molar-refractivity contribution is 0.536. The molecule has 0 bridgehead atoms. The summed E-state index contributed by atoms with van der Waals surface area (Å²) in [5.74, 6) is 1.65. The lowest BCUT2D eigenvalue weighted by atomic mass is 10.1. The van der Waals surface area contributed by atoms with E-state index >= 15 is 0 Å². The fraction of sp³-hybridized carbons (Fsp3) is 0.412. The average molecular weight is 330 g/mol. The van der Waals surface area contributed by atoms with Crippen molar-refractivity contribution in [2.24, 2.45) is 0 Å². The molecular formula is C17H20N3O2S-. The molecule has 1 heterocycles. The zero-order valence-corrected chi connectivity index (χ0v) is 13.9. The summed E-state index contributed by atoms with van der Waals surface area (Å²) in [6, 6.07) is 8.01. The molecule has 122 valence electrons. The second-order valence-electron chi connectivity index (χ2n) is 5.95. The predicted octanol–water partition coefficient (Wildman–Crippen LogP) is 3.19. The Labute approximate surface area is 138 Å². The van der Waals surface area contributed by atoms with E-state index in [1.807, 2.05) is 37.4 Å². The van der Waals surface area contributed by atoms with Crippen molar-refractivity contribution < 1.29 is 8.76 Å². The third kappa shape index (κ3) is 4.14. The van der Waals surface area contributed by atoms with Crippen LogP contribution in [-0.4, -0.2) is 24.8 Å². The van der Waals surface area contributed by atoms with Crippen LogP contribution in [0.5, 0.6) is 0 Å². The maximum Gasteiger partial charge on any atom is 0.137 e. The van der Waals surface area contributed by atoms with E-state index in [0.29, 0.717) is 6.04 Å². The number of nitrogens with zero attached hydrogens (tertiary/aromatic N) is 2. The fourth-order valence-corrected chi connectivity index (χ4v) is 3.44. The normalized spacial score (nSPS) is 16.4.